The Morgan fingerprint density at radius 3 is 2.73 bits per heavy atom. The van der Waals surface area contributed by atoms with Crippen molar-refractivity contribution in [2.45, 2.75) is 39.0 Å². The molecular weight excluding hydrogens is 518 g/mol. The zero-order valence-corrected chi connectivity index (χ0v) is 23.6. The minimum atomic E-state index is -0.508. The summed E-state index contributed by atoms with van der Waals surface area (Å²) in [5.74, 6) is 2.27. The third-order valence-corrected chi connectivity index (χ3v) is 6.92. The van der Waals surface area contributed by atoms with Gasteiger partial charge in [0.1, 0.15) is 19.8 Å². The number of carbonyl (C=O) groups excluding carboxylic acids is 2. The molecule has 2 atom stereocenters. The van der Waals surface area contributed by atoms with Gasteiger partial charge in [-0.3, -0.25) is 4.79 Å². The van der Waals surface area contributed by atoms with Crippen molar-refractivity contribution >= 4 is 12.0 Å². The molecule has 0 saturated carbocycles. The first-order chi connectivity index (χ1) is 19.4. The number of fused-ring (bicyclic) bond motifs is 1. The Morgan fingerprint density at radius 1 is 1.12 bits per heavy atom. The smallest absolute Gasteiger partial charge is 0.407 e. The molecule has 2 amide bonds. The molecule has 4 rings (SSSR count). The van der Waals surface area contributed by atoms with Gasteiger partial charge in [0.25, 0.3) is 5.91 Å². The van der Waals surface area contributed by atoms with Gasteiger partial charge in [0.05, 0.1) is 20.1 Å². The van der Waals surface area contributed by atoms with Crippen molar-refractivity contribution in [2.75, 3.05) is 53.9 Å². The number of benzene rings is 2. The van der Waals surface area contributed by atoms with Gasteiger partial charge in [-0.05, 0) is 49.7 Å². The van der Waals surface area contributed by atoms with Crippen LogP contribution >= 0.6 is 0 Å². The summed E-state index contributed by atoms with van der Waals surface area (Å²) in [5, 5.41) is 6.10. The number of amides is 2. The lowest BCUT2D eigenvalue weighted by atomic mass is 10.0. The topological polar surface area (TPSA) is 120 Å². The molecule has 0 unspecified atom stereocenters. The van der Waals surface area contributed by atoms with Gasteiger partial charge in [0.2, 0.25) is 6.79 Å². The number of alkyl carbamates (subject to hydrolysis) is 1. The van der Waals surface area contributed by atoms with E-state index < -0.39 is 6.09 Å². The Balaban J connectivity index is 1.35. The fourth-order valence-corrected chi connectivity index (χ4v) is 4.71. The van der Waals surface area contributed by atoms with Crippen molar-refractivity contribution in [3.63, 3.8) is 0 Å². The summed E-state index contributed by atoms with van der Waals surface area (Å²) in [7, 11) is 3.34. The normalized spacial score (nSPS) is 17.5. The van der Waals surface area contributed by atoms with Crippen molar-refractivity contribution < 1.29 is 38.0 Å². The van der Waals surface area contributed by atoms with Crippen LogP contribution < -0.4 is 29.6 Å². The standard InChI is InChI=1S/C29H39N3O8/c1-19(2)32(28(33)21-7-9-23(36-4)26(13-21)37-11-5-10-35-3)17-22-15-30-16-27(22)40-29(34)31-14-20-6-8-24-25(12-20)39-18-38-24/h6-9,12-13,19,22,27,30H,5,10-11,14-18H2,1-4H3,(H,31,34)/p+1/t22-,27+/m0/s1. The molecule has 0 bridgehead atoms. The number of nitrogens with zero attached hydrogens (tertiary/aromatic N) is 1. The Labute approximate surface area is 235 Å². The third kappa shape index (κ3) is 7.48. The first kappa shape index (κ1) is 29.3. The van der Waals surface area contributed by atoms with Crippen LogP contribution in [0.2, 0.25) is 0 Å². The van der Waals surface area contributed by atoms with Gasteiger partial charge in [-0.1, -0.05) is 6.07 Å². The van der Waals surface area contributed by atoms with E-state index >= 15 is 0 Å². The molecule has 0 spiro atoms. The maximum atomic E-state index is 13.6. The molecule has 2 aliphatic heterocycles. The van der Waals surface area contributed by atoms with Crippen LogP contribution in [0.5, 0.6) is 23.0 Å². The van der Waals surface area contributed by atoms with Crippen LogP contribution in [0.3, 0.4) is 0 Å². The number of aliphatic hydroxyl groups is 2. The van der Waals surface area contributed by atoms with Gasteiger partial charge >= 0.3 is 6.09 Å². The molecule has 218 valence electrons. The highest BCUT2D eigenvalue weighted by Crippen LogP contribution is 2.32. The van der Waals surface area contributed by atoms with Gasteiger partial charge in [0.15, 0.2) is 23.0 Å². The monoisotopic (exact) mass is 558 g/mol. The van der Waals surface area contributed by atoms with Crippen LogP contribution in [0.1, 0.15) is 36.2 Å². The molecule has 0 radical (unpaired) electrons. The van der Waals surface area contributed by atoms with E-state index in [0.717, 1.165) is 12.0 Å². The van der Waals surface area contributed by atoms with E-state index in [1.165, 1.54) is 0 Å². The van der Waals surface area contributed by atoms with Crippen LogP contribution in [0.15, 0.2) is 36.4 Å². The summed E-state index contributed by atoms with van der Waals surface area (Å²) in [5.41, 5.74) is 1.39. The highest BCUT2D eigenvalue weighted by Gasteiger charge is 2.34. The first-order valence-corrected chi connectivity index (χ1v) is 13.6. The lowest BCUT2D eigenvalue weighted by Crippen LogP contribution is -2.44. The minimum absolute atomic E-state index is 0.0607. The molecule has 2 aromatic rings. The molecule has 1 fully saturated rings. The highest BCUT2D eigenvalue weighted by molar-refractivity contribution is 5.95. The Morgan fingerprint density at radius 2 is 1.95 bits per heavy atom. The van der Waals surface area contributed by atoms with Gasteiger partial charge in [-0.15, -0.1) is 0 Å². The van der Waals surface area contributed by atoms with E-state index in [4.69, 9.17) is 23.7 Å². The first-order valence-electron chi connectivity index (χ1n) is 13.6. The number of hydrogen-bond donors (Lipinski definition) is 2. The van der Waals surface area contributed by atoms with Crippen molar-refractivity contribution in [3.05, 3.63) is 47.5 Å². The number of methoxy groups -OCH3 is 1. The lowest BCUT2D eigenvalue weighted by molar-refractivity contribution is 0.00787. The van der Waals surface area contributed by atoms with E-state index in [0.29, 0.717) is 68.0 Å². The molecule has 40 heavy (non-hydrogen) atoms. The van der Waals surface area contributed by atoms with E-state index in [2.05, 4.69) is 15.4 Å². The van der Waals surface area contributed by atoms with Crippen LogP contribution in [0, 0.1) is 5.92 Å². The quantitative estimate of drug-likeness (QED) is 0.285. The number of nitrogens with one attached hydrogen (secondary N) is 2. The fraction of sp³-hybridized carbons (Fsp3) is 0.517. The largest absolute Gasteiger partial charge is 0.493 e. The van der Waals surface area contributed by atoms with E-state index in [1.807, 2.05) is 32.0 Å². The Bertz CT molecular complexity index is 1160. The average molecular weight is 559 g/mol. The molecule has 2 aliphatic rings. The SMILES string of the molecule is COc1ccc(C(=O)N(C[C@@H]2CNC[C@H]2OC(=O)NCc2ccc3c(c2)OCO3)C(C)C)cc1OCCC[OH+]C. The van der Waals surface area contributed by atoms with Crippen molar-refractivity contribution in [2.24, 2.45) is 5.92 Å². The second-order valence-corrected chi connectivity index (χ2v) is 10.1. The maximum absolute atomic E-state index is 13.6. The molecule has 3 N–H and O–H groups in total. The van der Waals surface area contributed by atoms with E-state index in [9.17, 15) is 9.59 Å². The molecule has 2 heterocycles. The van der Waals surface area contributed by atoms with Gasteiger partial charge in [-0.25, -0.2) is 4.79 Å². The second-order valence-electron chi connectivity index (χ2n) is 10.1. The van der Waals surface area contributed by atoms with Crippen molar-refractivity contribution in [1.29, 1.82) is 0 Å². The summed E-state index contributed by atoms with van der Waals surface area (Å²) < 4.78 is 31.9. The number of ether oxygens (including phenoxy) is 6. The van der Waals surface area contributed by atoms with Gasteiger partial charge < -0.3 is 44.0 Å². The van der Waals surface area contributed by atoms with Crippen molar-refractivity contribution in [1.82, 2.24) is 15.5 Å². The summed E-state index contributed by atoms with van der Waals surface area (Å²) in [6.45, 7) is 7.22. The molecule has 2 aromatic carbocycles. The molecule has 11 nitrogen and oxygen atoms in total. The Kier molecular flexibility index (Phi) is 10.3. The summed E-state index contributed by atoms with van der Waals surface area (Å²) in [6.07, 6.45) is -0.104. The van der Waals surface area contributed by atoms with Crippen LogP contribution in [0.4, 0.5) is 4.79 Å². The summed E-state index contributed by atoms with van der Waals surface area (Å²) >= 11 is 0. The third-order valence-electron chi connectivity index (χ3n) is 6.92. The maximum Gasteiger partial charge on any atom is 0.407 e. The lowest BCUT2D eigenvalue weighted by Gasteiger charge is -2.31. The minimum Gasteiger partial charge on any atom is -0.493 e. The predicted molar refractivity (Wildman–Crippen MR) is 148 cm³/mol. The zero-order valence-electron chi connectivity index (χ0n) is 23.6. The van der Waals surface area contributed by atoms with Crippen molar-refractivity contribution in [3.8, 4) is 23.0 Å². The fourth-order valence-electron chi connectivity index (χ4n) is 4.71. The average Bonchev–Trinajstić information content (AvgIpc) is 3.61. The van der Waals surface area contributed by atoms with E-state index in [1.54, 1.807) is 37.3 Å². The number of hydrogen-bond acceptors (Lipinski definition) is 8. The summed E-state index contributed by atoms with van der Waals surface area (Å²) in [6, 6.07) is 10.7. The molecular formula is C29H40N3O8+. The van der Waals surface area contributed by atoms with Gasteiger partial charge in [0, 0.05) is 43.7 Å². The molecule has 1 saturated heterocycles. The second kappa shape index (κ2) is 14.1. The zero-order chi connectivity index (χ0) is 28.5. The van der Waals surface area contributed by atoms with Crippen LogP contribution in [-0.2, 0) is 11.3 Å². The van der Waals surface area contributed by atoms with Crippen LogP contribution in [-0.4, -0.2) is 87.6 Å². The Hall–Kier alpha value is -3.70. The number of carbonyl (C=O) groups is 2. The van der Waals surface area contributed by atoms with E-state index in [-0.39, 0.29) is 30.8 Å². The highest BCUT2D eigenvalue weighted by atomic mass is 16.7. The number of rotatable bonds is 13. The summed E-state index contributed by atoms with van der Waals surface area (Å²) in [4.78, 5) is 28.1. The van der Waals surface area contributed by atoms with Crippen LogP contribution in [0.25, 0.3) is 0 Å². The molecule has 0 aromatic heterocycles. The predicted octanol–water partition coefficient (Wildman–Crippen LogP) is 2.72. The molecule has 11 heteroatoms. The molecule has 0 aliphatic carbocycles. The van der Waals surface area contributed by atoms with Gasteiger partial charge in [-0.2, -0.15) is 0 Å².